The van der Waals surface area contributed by atoms with Crippen molar-refractivity contribution in [3.63, 3.8) is 0 Å². The molecule has 12 heteroatoms. The van der Waals surface area contributed by atoms with Crippen molar-refractivity contribution < 1.29 is 39.0 Å². The number of rotatable bonds is 12. The van der Waals surface area contributed by atoms with Crippen LogP contribution in [0.15, 0.2) is 30.3 Å². The van der Waals surface area contributed by atoms with Crippen molar-refractivity contribution in [2.75, 3.05) is 6.54 Å². The molecule has 0 fully saturated rings. The fourth-order valence-electron chi connectivity index (χ4n) is 2.56. The lowest BCUT2D eigenvalue weighted by molar-refractivity contribution is -0.147. The SMILES string of the molecule is CC(=O)NCC(=O)N[C@H](Cc1ccccc1)C(=O)N[C@@H](C)C(=O)N[C@@H](CC(=O)O)C(=O)O. The molecule has 0 heterocycles. The number of hydrogen-bond acceptors (Lipinski definition) is 6. The van der Waals surface area contributed by atoms with Gasteiger partial charge in [-0.1, -0.05) is 30.3 Å². The summed E-state index contributed by atoms with van der Waals surface area (Å²) in [6.45, 7) is 2.17. The molecule has 1 aromatic carbocycles. The molecule has 12 nitrogen and oxygen atoms in total. The topological polar surface area (TPSA) is 191 Å². The van der Waals surface area contributed by atoms with E-state index in [1.165, 1.54) is 13.8 Å². The van der Waals surface area contributed by atoms with Crippen LogP contribution in [-0.4, -0.2) is 70.5 Å². The summed E-state index contributed by atoms with van der Waals surface area (Å²) >= 11 is 0. The molecule has 3 atom stereocenters. The number of benzene rings is 1. The van der Waals surface area contributed by atoms with Gasteiger partial charge in [0.05, 0.1) is 13.0 Å². The lowest BCUT2D eigenvalue weighted by Crippen LogP contribution is -2.56. The van der Waals surface area contributed by atoms with Crippen LogP contribution >= 0.6 is 0 Å². The van der Waals surface area contributed by atoms with Crippen LogP contribution in [0.4, 0.5) is 0 Å². The minimum Gasteiger partial charge on any atom is -0.481 e. The number of aliphatic carboxylic acids is 2. The van der Waals surface area contributed by atoms with E-state index in [-0.39, 0.29) is 13.0 Å². The Labute approximate surface area is 183 Å². The average molecular weight is 450 g/mol. The summed E-state index contributed by atoms with van der Waals surface area (Å²) < 4.78 is 0. The first-order valence-corrected chi connectivity index (χ1v) is 9.62. The Morgan fingerprint density at radius 1 is 0.875 bits per heavy atom. The van der Waals surface area contributed by atoms with Crippen molar-refractivity contribution in [3.8, 4) is 0 Å². The second-order valence-corrected chi connectivity index (χ2v) is 6.95. The standard InChI is InChI=1S/C20H26N4O8/c1-11(18(29)24-15(20(31)32)9-17(27)28)22-19(30)14(8-13-6-4-3-5-7-13)23-16(26)10-21-12(2)25/h3-7,11,14-15H,8-10H2,1-2H3,(H,21,25)(H,22,30)(H,23,26)(H,24,29)(H,27,28)(H,31,32)/t11-,14+,15-/m0/s1. The fourth-order valence-corrected chi connectivity index (χ4v) is 2.56. The lowest BCUT2D eigenvalue weighted by atomic mass is 10.0. The molecule has 6 N–H and O–H groups in total. The van der Waals surface area contributed by atoms with Crippen LogP contribution in [0.25, 0.3) is 0 Å². The van der Waals surface area contributed by atoms with Crippen molar-refractivity contribution in [3.05, 3.63) is 35.9 Å². The van der Waals surface area contributed by atoms with E-state index in [4.69, 9.17) is 10.2 Å². The summed E-state index contributed by atoms with van der Waals surface area (Å²) in [7, 11) is 0. The molecule has 0 bridgehead atoms. The average Bonchev–Trinajstić information content (AvgIpc) is 2.71. The van der Waals surface area contributed by atoms with Gasteiger partial charge >= 0.3 is 11.9 Å². The van der Waals surface area contributed by atoms with Crippen LogP contribution in [0, 0.1) is 0 Å². The number of amides is 4. The number of nitrogens with one attached hydrogen (secondary N) is 4. The van der Waals surface area contributed by atoms with Gasteiger partial charge in [-0.3, -0.25) is 24.0 Å². The minimum absolute atomic E-state index is 0.0869. The Morgan fingerprint density at radius 2 is 1.50 bits per heavy atom. The number of hydrogen-bond donors (Lipinski definition) is 6. The molecule has 0 radical (unpaired) electrons. The monoisotopic (exact) mass is 450 g/mol. The molecule has 1 rings (SSSR count). The second-order valence-electron chi connectivity index (χ2n) is 6.95. The molecule has 0 saturated carbocycles. The smallest absolute Gasteiger partial charge is 0.326 e. The van der Waals surface area contributed by atoms with E-state index in [1.54, 1.807) is 30.3 Å². The maximum atomic E-state index is 12.7. The first-order chi connectivity index (χ1) is 15.0. The van der Waals surface area contributed by atoms with Crippen molar-refractivity contribution in [2.45, 2.75) is 44.8 Å². The number of carboxylic acids is 2. The third-order valence-corrected chi connectivity index (χ3v) is 4.18. The highest BCUT2D eigenvalue weighted by atomic mass is 16.4. The summed E-state index contributed by atoms with van der Waals surface area (Å²) in [6, 6.07) is 4.75. The molecule has 0 aliphatic carbocycles. The van der Waals surface area contributed by atoms with Gasteiger partial charge in [0.1, 0.15) is 18.1 Å². The largest absolute Gasteiger partial charge is 0.481 e. The number of carbonyl (C=O) groups is 6. The third-order valence-electron chi connectivity index (χ3n) is 4.18. The van der Waals surface area contributed by atoms with Gasteiger partial charge in [0.25, 0.3) is 0 Å². The summed E-state index contributed by atoms with van der Waals surface area (Å²) in [5.41, 5.74) is 0.719. The van der Waals surface area contributed by atoms with E-state index < -0.39 is 60.1 Å². The van der Waals surface area contributed by atoms with E-state index in [2.05, 4.69) is 16.0 Å². The van der Waals surface area contributed by atoms with Crippen molar-refractivity contribution in [1.29, 1.82) is 0 Å². The van der Waals surface area contributed by atoms with Crippen LogP contribution in [0.2, 0.25) is 0 Å². The molecule has 0 unspecified atom stereocenters. The predicted octanol–water partition coefficient (Wildman–Crippen LogP) is -1.60. The van der Waals surface area contributed by atoms with Crippen LogP contribution in [0.1, 0.15) is 25.8 Å². The first kappa shape index (κ1) is 26.1. The predicted molar refractivity (Wildman–Crippen MR) is 110 cm³/mol. The van der Waals surface area contributed by atoms with Crippen LogP contribution in [0.5, 0.6) is 0 Å². The molecule has 0 aliphatic rings. The molecule has 0 spiro atoms. The van der Waals surface area contributed by atoms with Gasteiger partial charge in [0.2, 0.25) is 23.6 Å². The van der Waals surface area contributed by atoms with Gasteiger partial charge in [0, 0.05) is 13.3 Å². The van der Waals surface area contributed by atoms with Gasteiger partial charge in [0.15, 0.2) is 0 Å². The van der Waals surface area contributed by atoms with Crippen molar-refractivity contribution in [2.24, 2.45) is 0 Å². The molecule has 4 amide bonds. The van der Waals surface area contributed by atoms with E-state index in [9.17, 15) is 28.8 Å². The molecule has 174 valence electrons. The molecule has 0 aromatic heterocycles. The maximum absolute atomic E-state index is 12.7. The quantitative estimate of drug-likeness (QED) is 0.219. The summed E-state index contributed by atoms with van der Waals surface area (Å²) in [5.74, 6) is -5.64. The highest BCUT2D eigenvalue weighted by molar-refractivity contribution is 5.94. The molecule has 0 aliphatic heterocycles. The van der Waals surface area contributed by atoms with Crippen LogP contribution in [-0.2, 0) is 35.2 Å². The van der Waals surface area contributed by atoms with Gasteiger partial charge < -0.3 is 31.5 Å². The van der Waals surface area contributed by atoms with Crippen molar-refractivity contribution >= 4 is 35.6 Å². The molecular weight excluding hydrogens is 424 g/mol. The van der Waals surface area contributed by atoms with E-state index in [0.717, 1.165) is 5.56 Å². The van der Waals surface area contributed by atoms with Gasteiger partial charge in [-0.25, -0.2) is 4.79 Å². The first-order valence-electron chi connectivity index (χ1n) is 9.62. The van der Waals surface area contributed by atoms with Crippen molar-refractivity contribution in [1.82, 2.24) is 21.3 Å². The van der Waals surface area contributed by atoms with E-state index in [1.807, 2.05) is 5.32 Å². The lowest BCUT2D eigenvalue weighted by Gasteiger charge is -2.22. The second kappa shape index (κ2) is 12.7. The Hall–Kier alpha value is -3.96. The number of carbonyl (C=O) groups excluding carboxylic acids is 4. The van der Waals surface area contributed by atoms with Crippen LogP contribution < -0.4 is 21.3 Å². The zero-order valence-corrected chi connectivity index (χ0v) is 17.6. The zero-order chi connectivity index (χ0) is 24.3. The van der Waals surface area contributed by atoms with Gasteiger partial charge in [-0.2, -0.15) is 0 Å². The summed E-state index contributed by atoms with van der Waals surface area (Å²) in [5, 5.41) is 27.0. The van der Waals surface area contributed by atoms with Gasteiger partial charge in [-0.15, -0.1) is 0 Å². The molecule has 32 heavy (non-hydrogen) atoms. The van der Waals surface area contributed by atoms with E-state index in [0.29, 0.717) is 0 Å². The zero-order valence-electron chi connectivity index (χ0n) is 17.6. The molecule has 0 saturated heterocycles. The minimum atomic E-state index is -1.67. The molecular formula is C20H26N4O8. The summed E-state index contributed by atoms with van der Waals surface area (Å²) in [4.78, 5) is 69.9. The van der Waals surface area contributed by atoms with E-state index >= 15 is 0 Å². The highest BCUT2D eigenvalue weighted by Crippen LogP contribution is 2.04. The maximum Gasteiger partial charge on any atom is 0.326 e. The number of carboxylic acid groups (broad SMARTS) is 2. The Kier molecular flexibility index (Phi) is 10.3. The molecule has 1 aromatic rings. The fraction of sp³-hybridized carbons (Fsp3) is 0.400. The Balaban J connectivity index is 2.84. The van der Waals surface area contributed by atoms with Crippen LogP contribution in [0.3, 0.4) is 0 Å². The summed E-state index contributed by atoms with van der Waals surface area (Å²) in [6.07, 6.45) is -0.749. The highest BCUT2D eigenvalue weighted by Gasteiger charge is 2.28. The Morgan fingerprint density at radius 3 is 2.03 bits per heavy atom. The van der Waals surface area contributed by atoms with Gasteiger partial charge in [-0.05, 0) is 12.5 Å². The third kappa shape index (κ3) is 9.69. The normalized spacial score (nSPS) is 13.1. The Bertz CT molecular complexity index is 858.